The summed E-state index contributed by atoms with van der Waals surface area (Å²) in [5, 5.41) is 0. The van der Waals surface area contributed by atoms with Crippen LogP contribution in [0.3, 0.4) is 0 Å². The molecule has 0 heterocycles. The standard InChI is InChI=1S/C17H26BrNO/c1-11-10-14(18)12(2)16(17(11)20-3)15(19)9-8-13-6-4-5-7-13/h10,13,15H,4-9,19H2,1-3H3. The van der Waals surface area contributed by atoms with Crippen LogP contribution in [0.15, 0.2) is 10.5 Å². The Morgan fingerprint density at radius 1 is 1.35 bits per heavy atom. The quantitative estimate of drug-likeness (QED) is 0.814. The number of nitrogens with two attached hydrogens (primary N) is 1. The summed E-state index contributed by atoms with van der Waals surface area (Å²) in [5.41, 5.74) is 10.0. The third kappa shape index (κ3) is 3.37. The molecule has 1 aromatic rings. The molecule has 0 radical (unpaired) electrons. The fourth-order valence-electron chi connectivity index (χ4n) is 3.45. The average Bonchev–Trinajstić information content (AvgIpc) is 2.93. The molecule has 1 unspecified atom stereocenters. The summed E-state index contributed by atoms with van der Waals surface area (Å²) in [5.74, 6) is 1.85. The molecule has 2 rings (SSSR count). The zero-order valence-electron chi connectivity index (χ0n) is 12.8. The molecular formula is C17H26BrNO. The summed E-state index contributed by atoms with van der Waals surface area (Å²) in [6, 6.07) is 2.18. The highest BCUT2D eigenvalue weighted by molar-refractivity contribution is 9.10. The smallest absolute Gasteiger partial charge is 0.126 e. The molecule has 1 aliphatic rings. The van der Waals surface area contributed by atoms with Gasteiger partial charge in [-0.25, -0.2) is 0 Å². The van der Waals surface area contributed by atoms with Crippen molar-refractivity contribution in [2.24, 2.45) is 11.7 Å². The number of ether oxygens (including phenoxy) is 1. The lowest BCUT2D eigenvalue weighted by Gasteiger charge is -2.22. The van der Waals surface area contributed by atoms with Crippen LogP contribution in [-0.2, 0) is 0 Å². The molecular weight excluding hydrogens is 314 g/mol. The Morgan fingerprint density at radius 2 is 2.00 bits per heavy atom. The van der Waals surface area contributed by atoms with Crippen molar-refractivity contribution in [1.29, 1.82) is 0 Å². The third-order valence-corrected chi connectivity index (χ3v) is 5.47. The Kier molecular flexibility index (Phi) is 5.50. The summed E-state index contributed by atoms with van der Waals surface area (Å²) in [4.78, 5) is 0. The van der Waals surface area contributed by atoms with Gasteiger partial charge in [0.15, 0.2) is 0 Å². The first-order valence-electron chi connectivity index (χ1n) is 7.63. The van der Waals surface area contributed by atoms with Crippen molar-refractivity contribution in [3.05, 3.63) is 27.2 Å². The predicted molar refractivity (Wildman–Crippen MR) is 88.3 cm³/mol. The van der Waals surface area contributed by atoms with E-state index in [1.54, 1.807) is 7.11 Å². The van der Waals surface area contributed by atoms with Crippen LogP contribution in [0.25, 0.3) is 0 Å². The molecule has 0 spiro atoms. The van der Waals surface area contributed by atoms with Gasteiger partial charge in [-0.3, -0.25) is 0 Å². The first kappa shape index (κ1) is 15.8. The fourth-order valence-corrected chi connectivity index (χ4v) is 4.01. The third-order valence-electron chi connectivity index (χ3n) is 4.64. The topological polar surface area (TPSA) is 35.2 Å². The van der Waals surface area contributed by atoms with E-state index in [1.807, 2.05) is 0 Å². The van der Waals surface area contributed by atoms with E-state index >= 15 is 0 Å². The Hall–Kier alpha value is -0.540. The lowest BCUT2D eigenvalue weighted by Crippen LogP contribution is -2.15. The van der Waals surface area contributed by atoms with E-state index in [0.29, 0.717) is 0 Å². The van der Waals surface area contributed by atoms with Crippen molar-refractivity contribution in [2.75, 3.05) is 7.11 Å². The van der Waals surface area contributed by atoms with Gasteiger partial charge in [0.05, 0.1) is 7.11 Å². The van der Waals surface area contributed by atoms with E-state index in [0.717, 1.165) is 28.1 Å². The zero-order valence-corrected chi connectivity index (χ0v) is 14.4. The van der Waals surface area contributed by atoms with E-state index in [2.05, 4.69) is 35.8 Å². The van der Waals surface area contributed by atoms with E-state index in [9.17, 15) is 0 Å². The van der Waals surface area contributed by atoms with Crippen LogP contribution in [0.4, 0.5) is 0 Å². The van der Waals surface area contributed by atoms with Crippen LogP contribution >= 0.6 is 15.9 Å². The highest BCUT2D eigenvalue weighted by atomic mass is 79.9. The van der Waals surface area contributed by atoms with Crippen molar-refractivity contribution in [2.45, 2.75) is 58.4 Å². The van der Waals surface area contributed by atoms with Crippen LogP contribution in [0.5, 0.6) is 5.75 Å². The van der Waals surface area contributed by atoms with Crippen molar-refractivity contribution in [1.82, 2.24) is 0 Å². The van der Waals surface area contributed by atoms with E-state index < -0.39 is 0 Å². The molecule has 0 amide bonds. The number of aryl methyl sites for hydroxylation is 1. The predicted octanol–water partition coefficient (Wildman–Crippen LogP) is 5.04. The molecule has 3 heteroatoms. The summed E-state index contributed by atoms with van der Waals surface area (Å²) >= 11 is 3.63. The van der Waals surface area contributed by atoms with Crippen molar-refractivity contribution >= 4 is 15.9 Å². The molecule has 1 atom stereocenters. The minimum atomic E-state index is 0.0711. The molecule has 0 aromatic heterocycles. The maximum Gasteiger partial charge on any atom is 0.126 e. The first-order chi connectivity index (χ1) is 9.54. The second-order valence-corrected chi connectivity index (χ2v) is 6.94. The molecule has 1 saturated carbocycles. The van der Waals surface area contributed by atoms with Gasteiger partial charge in [-0.2, -0.15) is 0 Å². The SMILES string of the molecule is COc1c(C)cc(Br)c(C)c1C(N)CCC1CCCC1. The van der Waals surface area contributed by atoms with Gasteiger partial charge in [0.25, 0.3) is 0 Å². The molecule has 0 aliphatic heterocycles. The molecule has 1 aromatic carbocycles. The second-order valence-electron chi connectivity index (χ2n) is 6.08. The summed E-state index contributed by atoms with van der Waals surface area (Å²) < 4.78 is 6.73. The first-order valence-corrected chi connectivity index (χ1v) is 8.43. The van der Waals surface area contributed by atoms with E-state index in [-0.39, 0.29) is 6.04 Å². The van der Waals surface area contributed by atoms with Crippen LogP contribution in [0, 0.1) is 19.8 Å². The fraction of sp³-hybridized carbons (Fsp3) is 0.647. The summed E-state index contributed by atoms with van der Waals surface area (Å²) in [6.07, 6.45) is 7.88. The van der Waals surface area contributed by atoms with Gasteiger partial charge in [0.2, 0.25) is 0 Å². The van der Waals surface area contributed by atoms with Gasteiger partial charge in [0.1, 0.15) is 5.75 Å². The Bertz CT molecular complexity index is 467. The van der Waals surface area contributed by atoms with Gasteiger partial charge >= 0.3 is 0 Å². The Balaban J connectivity index is 2.17. The van der Waals surface area contributed by atoms with E-state index in [1.165, 1.54) is 43.2 Å². The van der Waals surface area contributed by atoms with Crippen molar-refractivity contribution in [3.63, 3.8) is 0 Å². The lowest BCUT2D eigenvalue weighted by atomic mass is 9.91. The van der Waals surface area contributed by atoms with Crippen molar-refractivity contribution < 1.29 is 4.74 Å². The van der Waals surface area contributed by atoms with Crippen LogP contribution in [0.1, 0.15) is 61.3 Å². The summed E-state index contributed by atoms with van der Waals surface area (Å²) in [6.45, 7) is 4.20. The van der Waals surface area contributed by atoms with Crippen LogP contribution in [0.2, 0.25) is 0 Å². The normalized spacial score (nSPS) is 17.4. The second kappa shape index (κ2) is 6.95. The number of hydrogen-bond acceptors (Lipinski definition) is 2. The minimum absolute atomic E-state index is 0.0711. The Morgan fingerprint density at radius 3 is 2.60 bits per heavy atom. The van der Waals surface area contributed by atoms with Gasteiger partial charge < -0.3 is 10.5 Å². The van der Waals surface area contributed by atoms with Gasteiger partial charge in [-0.05, 0) is 49.8 Å². The van der Waals surface area contributed by atoms with Crippen LogP contribution < -0.4 is 10.5 Å². The van der Waals surface area contributed by atoms with Gasteiger partial charge in [-0.15, -0.1) is 0 Å². The maximum absolute atomic E-state index is 6.49. The summed E-state index contributed by atoms with van der Waals surface area (Å²) in [7, 11) is 1.74. The zero-order chi connectivity index (χ0) is 14.7. The highest BCUT2D eigenvalue weighted by Crippen LogP contribution is 2.38. The molecule has 1 aliphatic carbocycles. The largest absolute Gasteiger partial charge is 0.496 e. The number of methoxy groups -OCH3 is 1. The molecule has 1 fully saturated rings. The molecule has 2 nitrogen and oxygen atoms in total. The van der Waals surface area contributed by atoms with E-state index in [4.69, 9.17) is 10.5 Å². The number of rotatable bonds is 5. The Labute approximate surface area is 131 Å². The van der Waals surface area contributed by atoms with Crippen molar-refractivity contribution in [3.8, 4) is 5.75 Å². The monoisotopic (exact) mass is 339 g/mol. The molecule has 20 heavy (non-hydrogen) atoms. The number of hydrogen-bond donors (Lipinski definition) is 1. The van der Waals surface area contributed by atoms with Gasteiger partial charge in [0, 0.05) is 16.1 Å². The molecule has 0 bridgehead atoms. The molecule has 112 valence electrons. The average molecular weight is 340 g/mol. The highest BCUT2D eigenvalue weighted by Gasteiger charge is 2.21. The maximum atomic E-state index is 6.49. The van der Waals surface area contributed by atoms with Crippen LogP contribution in [-0.4, -0.2) is 7.11 Å². The number of halogens is 1. The number of benzene rings is 1. The molecule has 0 saturated heterocycles. The minimum Gasteiger partial charge on any atom is -0.496 e. The van der Waals surface area contributed by atoms with Gasteiger partial charge in [-0.1, -0.05) is 41.6 Å². The molecule has 2 N–H and O–H groups in total. The lowest BCUT2D eigenvalue weighted by molar-refractivity contribution is 0.394.